The summed E-state index contributed by atoms with van der Waals surface area (Å²) in [4.78, 5) is 29.6. The standard InChI is InChI=1S/C34H36N2O8/c1-33(2)16-21(19-12-26(39-6)28(41-8)14-24(19)33)23(18-35)31(37)43-10-11-44-32(38)30(36-5)22-17-34(3,4)25-15-29(42-9)27(40-7)13-20(22)25/h12-15H,10-11,16-17H2,1-4,6-9H3/b23-21+,30-22-. The van der Waals surface area contributed by atoms with Gasteiger partial charge in [-0.2, -0.15) is 5.26 Å². The van der Waals surface area contributed by atoms with Gasteiger partial charge in [0.2, 0.25) is 0 Å². The summed E-state index contributed by atoms with van der Waals surface area (Å²) in [5.74, 6) is 0.434. The van der Waals surface area contributed by atoms with Crippen molar-refractivity contribution in [3.63, 3.8) is 0 Å². The van der Waals surface area contributed by atoms with E-state index in [4.69, 9.17) is 35.0 Å². The molecule has 44 heavy (non-hydrogen) atoms. The molecule has 0 N–H and O–H groups in total. The average molecular weight is 601 g/mol. The molecule has 0 heterocycles. The summed E-state index contributed by atoms with van der Waals surface area (Å²) in [5, 5.41) is 9.94. The summed E-state index contributed by atoms with van der Waals surface area (Å²) in [6.45, 7) is 15.2. The van der Waals surface area contributed by atoms with Gasteiger partial charge in [-0.3, -0.25) is 4.79 Å². The van der Waals surface area contributed by atoms with E-state index in [0.717, 1.165) is 22.3 Å². The maximum absolute atomic E-state index is 13.1. The number of carbonyl (C=O) groups excluding carboxylic acids is 2. The Balaban J connectivity index is 1.51. The van der Waals surface area contributed by atoms with E-state index >= 15 is 0 Å². The topological polar surface area (TPSA) is 118 Å². The Morgan fingerprint density at radius 1 is 0.750 bits per heavy atom. The number of fused-ring (bicyclic) bond motifs is 2. The second kappa shape index (κ2) is 12.3. The first-order valence-electron chi connectivity index (χ1n) is 14.0. The van der Waals surface area contributed by atoms with E-state index in [1.165, 1.54) is 14.2 Å². The predicted molar refractivity (Wildman–Crippen MR) is 162 cm³/mol. The van der Waals surface area contributed by atoms with Crippen LogP contribution in [0.2, 0.25) is 0 Å². The lowest BCUT2D eigenvalue weighted by molar-refractivity contribution is -0.146. The molecule has 0 saturated heterocycles. The van der Waals surface area contributed by atoms with Crippen LogP contribution in [0.5, 0.6) is 23.0 Å². The van der Waals surface area contributed by atoms with Crippen molar-refractivity contribution >= 4 is 23.1 Å². The summed E-state index contributed by atoms with van der Waals surface area (Å²) in [6.07, 6.45) is 0.871. The van der Waals surface area contributed by atoms with Crippen LogP contribution in [0.3, 0.4) is 0 Å². The zero-order valence-electron chi connectivity index (χ0n) is 26.3. The summed E-state index contributed by atoms with van der Waals surface area (Å²) < 4.78 is 32.5. The van der Waals surface area contributed by atoms with Crippen molar-refractivity contribution in [1.82, 2.24) is 0 Å². The average Bonchev–Trinajstić information content (AvgIpc) is 3.41. The highest BCUT2D eigenvalue weighted by atomic mass is 16.6. The Morgan fingerprint density at radius 2 is 1.16 bits per heavy atom. The summed E-state index contributed by atoms with van der Waals surface area (Å²) in [7, 11) is 6.14. The molecule has 2 aliphatic rings. The molecule has 10 nitrogen and oxygen atoms in total. The normalized spacial score (nSPS) is 17.7. The van der Waals surface area contributed by atoms with Gasteiger partial charge >= 0.3 is 11.9 Å². The highest BCUT2D eigenvalue weighted by Gasteiger charge is 2.39. The third-order valence-electron chi connectivity index (χ3n) is 8.15. The molecule has 2 aromatic carbocycles. The van der Waals surface area contributed by atoms with Gasteiger partial charge in [0.05, 0.1) is 35.0 Å². The van der Waals surface area contributed by atoms with E-state index in [1.54, 1.807) is 26.4 Å². The lowest BCUT2D eigenvalue weighted by Gasteiger charge is -2.20. The smallest absolute Gasteiger partial charge is 0.349 e. The monoisotopic (exact) mass is 600 g/mol. The maximum Gasteiger partial charge on any atom is 0.349 e. The van der Waals surface area contributed by atoms with E-state index in [2.05, 4.69) is 4.85 Å². The number of hydrogen-bond acceptors (Lipinski definition) is 9. The highest BCUT2D eigenvalue weighted by molar-refractivity contribution is 6.03. The van der Waals surface area contributed by atoms with E-state index < -0.39 is 11.9 Å². The van der Waals surface area contributed by atoms with Gasteiger partial charge < -0.3 is 28.4 Å². The van der Waals surface area contributed by atoms with Gasteiger partial charge in [0.15, 0.2) is 23.0 Å². The van der Waals surface area contributed by atoms with Gasteiger partial charge in [0, 0.05) is 0 Å². The quantitative estimate of drug-likeness (QED) is 0.116. The molecule has 2 aromatic rings. The van der Waals surface area contributed by atoms with Gasteiger partial charge in [-0.25, -0.2) is 9.64 Å². The SMILES string of the molecule is [C-]#[N+]/C(C(=O)OCCOC(=O)/C(C#N)=C1\CC(C)(C)c2cc(OC)c(OC)cc21)=C1/CC(C)(C)c2cc(OC)c(OC)cc21. The molecule has 0 atom stereocenters. The molecule has 0 amide bonds. The van der Waals surface area contributed by atoms with Crippen molar-refractivity contribution in [3.05, 3.63) is 69.2 Å². The molecule has 0 aliphatic heterocycles. The van der Waals surface area contributed by atoms with Crippen LogP contribution in [0, 0.1) is 17.9 Å². The van der Waals surface area contributed by atoms with Crippen LogP contribution in [0.25, 0.3) is 16.0 Å². The van der Waals surface area contributed by atoms with Crippen molar-refractivity contribution in [2.24, 2.45) is 0 Å². The molecule has 230 valence electrons. The Hall–Kier alpha value is -4.96. The summed E-state index contributed by atoms with van der Waals surface area (Å²) >= 11 is 0. The van der Waals surface area contributed by atoms with Crippen LogP contribution < -0.4 is 18.9 Å². The number of hydrogen-bond donors (Lipinski definition) is 0. The minimum absolute atomic E-state index is 0.131. The first-order valence-corrected chi connectivity index (χ1v) is 14.0. The van der Waals surface area contributed by atoms with Gasteiger partial charge in [-0.05, 0) is 81.3 Å². The Labute approximate surface area is 257 Å². The first kappa shape index (κ1) is 32.0. The van der Waals surface area contributed by atoms with Crippen LogP contribution in [0.15, 0.2) is 35.5 Å². The van der Waals surface area contributed by atoms with Crippen LogP contribution in [-0.2, 0) is 29.9 Å². The lowest BCUT2D eigenvalue weighted by Crippen LogP contribution is -2.17. The van der Waals surface area contributed by atoms with E-state index in [-0.39, 0.29) is 35.3 Å². The fraction of sp³-hybridized carbons (Fsp3) is 0.412. The molecular weight excluding hydrogens is 564 g/mol. The van der Waals surface area contributed by atoms with Crippen LogP contribution in [0.1, 0.15) is 62.8 Å². The van der Waals surface area contributed by atoms with Crippen molar-refractivity contribution in [2.75, 3.05) is 41.7 Å². The molecule has 0 unspecified atom stereocenters. The van der Waals surface area contributed by atoms with Crippen LogP contribution in [-0.4, -0.2) is 53.6 Å². The summed E-state index contributed by atoms with van der Waals surface area (Å²) in [5.41, 5.74) is 3.38. The second-order valence-corrected chi connectivity index (χ2v) is 11.8. The number of nitriles is 1. The van der Waals surface area contributed by atoms with Gasteiger partial charge in [-0.15, -0.1) is 0 Å². The van der Waals surface area contributed by atoms with Crippen LogP contribution >= 0.6 is 0 Å². The van der Waals surface area contributed by atoms with E-state index in [9.17, 15) is 14.9 Å². The number of methoxy groups -OCH3 is 4. The van der Waals surface area contributed by atoms with Crippen LogP contribution in [0.4, 0.5) is 0 Å². The van der Waals surface area contributed by atoms with Gasteiger partial charge in [0.1, 0.15) is 24.9 Å². The molecule has 0 fully saturated rings. The molecule has 2 aliphatic carbocycles. The second-order valence-electron chi connectivity index (χ2n) is 11.8. The summed E-state index contributed by atoms with van der Waals surface area (Å²) in [6, 6.07) is 9.25. The number of benzene rings is 2. The molecule has 0 spiro atoms. The Kier molecular flexibility index (Phi) is 8.96. The zero-order valence-corrected chi connectivity index (χ0v) is 26.3. The Bertz CT molecular complexity index is 1540. The zero-order chi connectivity index (χ0) is 32.4. The highest BCUT2D eigenvalue weighted by Crippen LogP contribution is 2.51. The molecular formula is C34H36N2O8. The lowest BCUT2D eigenvalue weighted by atomic mass is 9.86. The predicted octanol–water partition coefficient (Wildman–Crippen LogP) is 5.78. The van der Waals surface area contributed by atoms with Crippen molar-refractivity contribution in [2.45, 2.75) is 51.4 Å². The molecule has 0 saturated carbocycles. The van der Waals surface area contributed by atoms with Crippen molar-refractivity contribution in [1.29, 1.82) is 5.26 Å². The third-order valence-corrected chi connectivity index (χ3v) is 8.15. The number of nitrogens with zero attached hydrogens (tertiary/aromatic N) is 2. The van der Waals surface area contributed by atoms with Gasteiger partial charge in [-0.1, -0.05) is 27.7 Å². The maximum atomic E-state index is 13.1. The Morgan fingerprint density at radius 3 is 1.59 bits per heavy atom. The molecule has 4 rings (SSSR count). The number of ether oxygens (including phenoxy) is 6. The fourth-order valence-electron chi connectivity index (χ4n) is 5.96. The fourth-order valence-corrected chi connectivity index (χ4v) is 5.96. The number of rotatable bonds is 9. The van der Waals surface area contributed by atoms with E-state index in [0.29, 0.717) is 47.0 Å². The molecule has 10 heteroatoms. The van der Waals surface area contributed by atoms with Crippen molar-refractivity contribution in [3.8, 4) is 29.1 Å². The molecule has 0 aromatic heterocycles. The minimum Gasteiger partial charge on any atom is -0.493 e. The van der Waals surface area contributed by atoms with E-state index in [1.807, 2.05) is 45.9 Å². The largest absolute Gasteiger partial charge is 0.493 e. The van der Waals surface area contributed by atoms with Crippen molar-refractivity contribution < 1.29 is 38.0 Å². The molecule has 0 bridgehead atoms. The molecule has 0 radical (unpaired) electrons. The number of esters is 2. The number of carbonyl (C=O) groups is 2. The third kappa shape index (κ3) is 5.68. The number of allylic oxidation sites excluding steroid dienone is 2. The minimum atomic E-state index is -0.826. The van der Waals surface area contributed by atoms with Gasteiger partial charge in [0.25, 0.3) is 5.70 Å². The first-order chi connectivity index (χ1) is 20.9.